The monoisotopic (exact) mass is 335 g/mol. The largest absolute Gasteiger partial charge is 0.370 e. The fraction of sp³-hybridized carbons (Fsp3) is 0.611. The summed E-state index contributed by atoms with van der Waals surface area (Å²) in [7, 11) is 2.13. The molecule has 6 heteroatoms. The molecule has 1 atom stereocenters. The third kappa shape index (κ3) is 4.53. The summed E-state index contributed by atoms with van der Waals surface area (Å²) in [4.78, 5) is 19.1. The van der Waals surface area contributed by atoms with Crippen molar-refractivity contribution in [2.24, 2.45) is 0 Å². The smallest absolute Gasteiger partial charge is 0.236 e. The Morgan fingerprint density at radius 2 is 1.96 bits per heavy atom. The number of halogens is 1. The Bertz CT molecular complexity index is 552. The Morgan fingerprint density at radius 1 is 1.17 bits per heavy atom. The first-order chi connectivity index (χ1) is 11.6. The summed E-state index contributed by atoms with van der Waals surface area (Å²) < 4.78 is 18.8. The zero-order chi connectivity index (χ0) is 16.9. The maximum atomic E-state index is 13.1. The molecule has 0 aliphatic carbocycles. The van der Waals surface area contributed by atoms with Crippen LogP contribution in [0.1, 0.15) is 18.1 Å². The number of amides is 1. The van der Waals surface area contributed by atoms with Crippen molar-refractivity contribution < 1.29 is 13.9 Å². The minimum absolute atomic E-state index is 0.162. The number of rotatable bonds is 3. The Labute approximate surface area is 143 Å². The molecule has 2 saturated heterocycles. The number of carbonyl (C=O) groups is 1. The Balaban J connectivity index is 1.55. The third-order valence-electron chi connectivity index (χ3n) is 4.83. The van der Waals surface area contributed by atoms with Gasteiger partial charge < -0.3 is 14.5 Å². The van der Waals surface area contributed by atoms with E-state index in [4.69, 9.17) is 4.74 Å². The van der Waals surface area contributed by atoms with E-state index in [2.05, 4.69) is 16.8 Å². The summed E-state index contributed by atoms with van der Waals surface area (Å²) >= 11 is 0. The van der Waals surface area contributed by atoms with Crippen molar-refractivity contribution in [1.82, 2.24) is 14.7 Å². The lowest BCUT2D eigenvalue weighted by atomic mass is 10.1. The van der Waals surface area contributed by atoms with E-state index >= 15 is 0 Å². The van der Waals surface area contributed by atoms with Crippen molar-refractivity contribution in [1.29, 1.82) is 0 Å². The molecule has 0 unspecified atom stereocenters. The number of carbonyl (C=O) groups excluding carboxylic acids is 1. The molecule has 2 aliphatic heterocycles. The second-order valence-electron chi connectivity index (χ2n) is 6.68. The number of hydrogen-bond donors (Lipinski definition) is 0. The van der Waals surface area contributed by atoms with Gasteiger partial charge in [-0.1, -0.05) is 12.1 Å². The lowest BCUT2D eigenvalue weighted by Crippen LogP contribution is -2.47. The van der Waals surface area contributed by atoms with Gasteiger partial charge in [-0.15, -0.1) is 0 Å². The number of ether oxygens (including phenoxy) is 1. The van der Waals surface area contributed by atoms with Crippen LogP contribution in [0.2, 0.25) is 0 Å². The molecule has 2 fully saturated rings. The number of hydrogen-bond acceptors (Lipinski definition) is 4. The molecule has 0 aromatic heterocycles. The summed E-state index contributed by atoms with van der Waals surface area (Å²) in [5.74, 6) is -0.0939. The second kappa shape index (κ2) is 8.05. The highest BCUT2D eigenvalue weighted by atomic mass is 19.1. The van der Waals surface area contributed by atoms with Crippen molar-refractivity contribution in [3.8, 4) is 0 Å². The molecule has 3 rings (SSSR count). The van der Waals surface area contributed by atoms with E-state index in [1.165, 1.54) is 12.1 Å². The van der Waals surface area contributed by atoms with Crippen LogP contribution in [-0.4, -0.2) is 80.1 Å². The molecular formula is C18H26FN3O2. The van der Waals surface area contributed by atoms with Crippen LogP contribution < -0.4 is 0 Å². The van der Waals surface area contributed by atoms with Gasteiger partial charge in [0.15, 0.2) is 0 Å². The van der Waals surface area contributed by atoms with Crippen LogP contribution in [-0.2, 0) is 9.53 Å². The van der Waals surface area contributed by atoms with Crippen molar-refractivity contribution >= 4 is 5.91 Å². The van der Waals surface area contributed by atoms with E-state index in [0.29, 0.717) is 26.2 Å². The highest BCUT2D eigenvalue weighted by molar-refractivity contribution is 5.78. The average Bonchev–Trinajstić information content (AvgIpc) is 2.80. The van der Waals surface area contributed by atoms with Gasteiger partial charge in [0.1, 0.15) is 11.9 Å². The summed E-state index contributed by atoms with van der Waals surface area (Å²) in [6.45, 7) is 6.18. The predicted octanol–water partition coefficient (Wildman–Crippen LogP) is 1.36. The maximum absolute atomic E-state index is 13.1. The zero-order valence-corrected chi connectivity index (χ0v) is 14.3. The molecule has 0 spiro atoms. The fourth-order valence-electron chi connectivity index (χ4n) is 3.30. The molecule has 1 amide bonds. The summed E-state index contributed by atoms with van der Waals surface area (Å²) in [6, 6.07) is 6.34. The lowest BCUT2D eigenvalue weighted by Gasteiger charge is -2.34. The van der Waals surface area contributed by atoms with Gasteiger partial charge in [0.2, 0.25) is 5.91 Å². The van der Waals surface area contributed by atoms with Crippen molar-refractivity contribution in [3.05, 3.63) is 35.6 Å². The zero-order valence-electron chi connectivity index (χ0n) is 14.3. The normalized spacial score (nSPS) is 23.9. The van der Waals surface area contributed by atoms with Gasteiger partial charge in [0, 0.05) is 19.6 Å². The first kappa shape index (κ1) is 17.3. The van der Waals surface area contributed by atoms with E-state index in [9.17, 15) is 9.18 Å². The second-order valence-corrected chi connectivity index (χ2v) is 6.68. The van der Waals surface area contributed by atoms with Gasteiger partial charge in [-0.05, 0) is 44.3 Å². The van der Waals surface area contributed by atoms with Crippen molar-refractivity contribution in [2.45, 2.75) is 12.5 Å². The van der Waals surface area contributed by atoms with Crippen molar-refractivity contribution in [3.63, 3.8) is 0 Å². The van der Waals surface area contributed by atoms with E-state index in [0.717, 1.165) is 38.2 Å². The van der Waals surface area contributed by atoms with E-state index < -0.39 is 0 Å². The summed E-state index contributed by atoms with van der Waals surface area (Å²) in [6.07, 6.45) is 0.934. The Kier molecular flexibility index (Phi) is 5.81. The molecule has 1 aromatic carbocycles. The van der Waals surface area contributed by atoms with Gasteiger partial charge in [-0.25, -0.2) is 4.39 Å². The predicted molar refractivity (Wildman–Crippen MR) is 90.2 cm³/mol. The van der Waals surface area contributed by atoms with Crippen LogP contribution in [0.5, 0.6) is 0 Å². The molecule has 5 nitrogen and oxygen atoms in total. The van der Waals surface area contributed by atoms with Gasteiger partial charge in [0.05, 0.1) is 19.7 Å². The average molecular weight is 335 g/mol. The number of morpholine rings is 1. The number of likely N-dealkylation sites (N-methyl/N-ethyl adjacent to an activating group) is 1. The molecule has 2 heterocycles. The number of nitrogens with zero attached hydrogens (tertiary/aromatic N) is 3. The summed E-state index contributed by atoms with van der Waals surface area (Å²) in [5, 5.41) is 0. The fourth-order valence-corrected chi connectivity index (χ4v) is 3.30. The van der Waals surface area contributed by atoms with Crippen LogP contribution >= 0.6 is 0 Å². The van der Waals surface area contributed by atoms with Crippen LogP contribution in [0.25, 0.3) is 0 Å². The molecule has 24 heavy (non-hydrogen) atoms. The minimum atomic E-state index is -0.256. The van der Waals surface area contributed by atoms with Crippen molar-refractivity contribution in [2.75, 3.05) is 59.5 Å². The van der Waals surface area contributed by atoms with E-state index in [-0.39, 0.29) is 17.8 Å². The summed E-state index contributed by atoms with van der Waals surface area (Å²) in [5.41, 5.74) is 0.922. The van der Waals surface area contributed by atoms with Crippen LogP contribution in [0.3, 0.4) is 0 Å². The van der Waals surface area contributed by atoms with Crippen LogP contribution in [0.15, 0.2) is 24.3 Å². The highest BCUT2D eigenvalue weighted by Gasteiger charge is 2.26. The minimum Gasteiger partial charge on any atom is -0.370 e. The van der Waals surface area contributed by atoms with Gasteiger partial charge in [-0.2, -0.15) is 0 Å². The molecule has 0 N–H and O–H groups in total. The Morgan fingerprint density at radius 3 is 2.75 bits per heavy atom. The van der Waals surface area contributed by atoms with Gasteiger partial charge in [0.25, 0.3) is 0 Å². The molecule has 2 aliphatic rings. The first-order valence-corrected chi connectivity index (χ1v) is 8.67. The molecular weight excluding hydrogens is 309 g/mol. The van der Waals surface area contributed by atoms with Gasteiger partial charge >= 0.3 is 0 Å². The van der Waals surface area contributed by atoms with Crippen LogP contribution in [0, 0.1) is 5.82 Å². The SMILES string of the molecule is CN1CCCN(CC(=O)N2CCO[C@H](c3ccc(F)cc3)C2)CC1. The van der Waals surface area contributed by atoms with Gasteiger partial charge in [-0.3, -0.25) is 9.69 Å². The highest BCUT2D eigenvalue weighted by Crippen LogP contribution is 2.22. The lowest BCUT2D eigenvalue weighted by molar-refractivity contribution is -0.140. The molecule has 0 bridgehead atoms. The van der Waals surface area contributed by atoms with E-state index in [1.807, 2.05) is 4.90 Å². The first-order valence-electron chi connectivity index (χ1n) is 8.67. The van der Waals surface area contributed by atoms with Crippen LogP contribution in [0.4, 0.5) is 4.39 Å². The maximum Gasteiger partial charge on any atom is 0.236 e. The quantitative estimate of drug-likeness (QED) is 0.836. The topological polar surface area (TPSA) is 36.0 Å². The Hall–Kier alpha value is -1.50. The molecule has 1 aromatic rings. The molecule has 132 valence electrons. The molecule has 0 saturated carbocycles. The standard InChI is InChI=1S/C18H26FN3O2/c1-20-7-2-8-21(10-9-20)14-18(23)22-11-12-24-17(13-22)15-3-5-16(19)6-4-15/h3-6,17H,2,7-14H2,1H3/t17-/m0/s1. The third-order valence-corrected chi connectivity index (χ3v) is 4.83. The molecule has 0 radical (unpaired) electrons. The number of benzene rings is 1. The van der Waals surface area contributed by atoms with E-state index in [1.54, 1.807) is 12.1 Å².